The number of aryl methyl sites for hydroxylation is 1. The monoisotopic (exact) mass is 317 g/mol. The van der Waals surface area contributed by atoms with Gasteiger partial charge in [-0.15, -0.1) is 0 Å². The Kier molecular flexibility index (Phi) is 5.62. The van der Waals surface area contributed by atoms with E-state index in [1.165, 1.54) is 0 Å². The lowest BCUT2D eigenvalue weighted by Gasteiger charge is -2.15. The molecule has 23 heavy (non-hydrogen) atoms. The number of nitrogens with one attached hydrogen (secondary N) is 1. The lowest BCUT2D eigenvalue weighted by molar-refractivity contribution is -0.118. The number of hydrogen-bond acceptors (Lipinski definition) is 4. The molecule has 1 aromatic heterocycles. The number of aromatic nitrogens is 2. The van der Waals surface area contributed by atoms with Crippen molar-refractivity contribution in [1.29, 1.82) is 0 Å². The second kappa shape index (κ2) is 7.67. The third kappa shape index (κ3) is 4.25. The summed E-state index contributed by atoms with van der Waals surface area (Å²) in [6.45, 7) is 6.00. The molecule has 2 rings (SSSR count). The topological polar surface area (TPSA) is 65.4 Å². The number of carbonyl (C=O) groups excluding carboxylic acids is 1. The van der Waals surface area contributed by atoms with Crippen molar-refractivity contribution in [3.8, 4) is 11.5 Å². The number of methoxy groups -OCH3 is 1. The zero-order valence-corrected chi connectivity index (χ0v) is 14.0. The van der Waals surface area contributed by atoms with E-state index in [4.69, 9.17) is 9.47 Å². The Morgan fingerprint density at radius 1 is 1.35 bits per heavy atom. The average molecular weight is 317 g/mol. The molecule has 0 saturated heterocycles. The fourth-order valence-corrected chi connectivity index (χ4v) is 2.15. The van der Waals surface area contributed by atoms with Crippen LogP contribution in [0, 0.1) is 6.92 Å². The lowest BCUT2D eigenvalue weighted by Crippen LogP contribution is -2.23. The first kappa shape index (κ1) is 16.9. The Labute approximate surface area is 136 Å². The number of benzene rings is 1. The SMILES string of the molecule is CCC(C)n1nccc1NC(=O)COc1ccc(C)cc1OC. The van der Waals surface area contributed by atoms with Gasteiger partial charge in [-0.2, -0.15) is 5.10 Å². The van der Waals surface area contributed by atoms with Crippen LogP contribution in [-0.4, -0.2) is 29.4 Å². The standard InChI is InChI=1S/C17H23N3O3/c1-5-13(3)20-16(8-9-18-20)19-17(21)11-23-14-7-6-12(2)10-15(14)22-4/h6-10,13H,5,11H2,1-4H3,(H,19,21). The zero-order chi connectivity index (χ0) is 16.8. The molecule has 0 aliphatic carbocycles. The van der Waals surface area contributed by atoms with Gasteiger partial charge in [-0.05, 0) is 38.0 Å². The van der Waals surface area contributed by atoms with Gasteiger partial charge < -0.3 is 14.8 Å². The molecular formula is C17H23N3O3. The first-order valence-electron chi connectivity index (χ1n) is 7.66. The highest BCUT2D eigenvalue weighted by atomic mass is 16.5. The molecule has 1 aromatic carbocycles. The van der Waals surface area contributed by atoms with E-state index in [0.29, 0.717) is 17.3 Å². The Morgan fingerprint density at radius 3 is 2.83 bits per heavy atom. The van der Waals surface area contributed by atoms with Crippen molar-refractivity contribution in [2.24, 2.45) is 0 Å². The molecule has 0 aliphatic rings. The molecule has 0 saturated carbocycles. The van der Waals surface area contributed by atoms with Crippen LogP contribution in [0.1, 0.15) is 31.9 Å². The number of ether oxygens (including phenoxy) is 2. The predicted molar refractivity (Wildman–Crippen MR) is 89.1 cm³/mol. The van der Waals surface area contributed by atoms with Gasteiger partial charge in [-0.3, -0.25) is 4.79 Å². The fraction of sp³-hybridized carbons (Fsp3) is 0.412. The smallest absolute Gasteiger partial charge is 0.263 e. The van der Waals surface area contributed by atoms with Crippen molar-refractivity contribution in [2.75, 3.05) is 19.0 Å². The molecule has 0 spiro atoms. The van der Waals surface area contributed by atoms with Crippen LogP contribution in [0.25, 0.3) is 0 Å². The minimum Gasteiger partial charge on any atom is -0.493 e. The molecule has 1 N–H and O–H groups in total. The van der Waals surface area contributed by atoms with Gasteiger partial charge in [0.25, 0.3) is 5.91 Å². The van der Waals surface area contributed by atoms with E-state index in [2.05, 4.69) is 24.3 Å². The summed E-state index contributed by atoms with van der Waals surface area (Å²) in [5, 5.41) is 7.06. The van der Waals surface area contributed by atoms with Gasteiger partial charge in [0, 0.05) is 6.07 Å². The van der Waals surface area contributed by atoms with E-state index in [1.807, 2.05) is 19.1 Å². The van der Waals surface area contributed by atoms with E-state index >= 15 is 0 Å². The highest BCUT2D eigenvalue weighted by Gasteiger charge is 2.12. The molecule has 0 aliphatic heterocycles. The van der Waals surface area contributed by atoms with E-state index in [0.717, 1.165) is 12.0 Å². The number of nitrogens with zero attached hydrogens (tertiary/aromatic N) is 2. The lowest BCUT2D eigenvalue weighted by atomic mass is 10.2. The van der Waals surface area contributed by atoms with E-state index in [1.54, 1.807) is 30.1 Å². The van der Waals surface area contributed by atoms with E-state index < -0.39 is 0 Å². The van der Waals surface area contributed by atoms with Gasteiger partial charge in [-0.1, -0.05) is 13.0 Å². The van der Waals surface area contributed by atoms with Crippen molar-refractivity contribution < 1.29 is 14.3 Å². The number of rotatable bonds is 7. The maximum atomic E-state index is 12.1. The van der Waals surface area contributed by atoms with Gasteiger partial charge in [0.05, 0.1) is 19.3 Å². The molecule has 0 fully saturated rings. The molecule has 1 amide bonds. The number of carbonyl (C=O) groups is 1. The van der Waals surface area contributed by atoms with Gasteiger partial charge in [0.1, 0.15) is 5.82 Å². The third-order valence-corrected chi connectivity index (χ3v) is 3.62. The Bertz CT molecular complexity index is 667. The zero-order valence-electron chi connectivity index (χ0n) is 14.0. The summed E-state index contributed by atoms with van der Waals surface area (Å²) in [6, 6.07) is 7.57. The predicted octanol–water partition coefficient (Wildman–Crippen LogP) is 3.19. The average Bonchev–Trinajstić information content (AvgIpc) is 3.00. The van der Waals surface area contributed by atoms with E-state index in [9.17, 15) is 4.79 Å². The molecule has 6 nitrogen and oxygen atoms in total. The van der Waals surface area contributed by atoms with Crippen LogP contribution in [0.4, 0.5) is 5.82 Å². The van der Waals surface area contributed by atoms with Gasteiger partial charge >= 0.3 is 0 Å². The van der Waals surface area contributed by atoms with Crippen molar-refractivity contribution in [3.63, 3.8) is 0 Å². The third-order valence-electron chi connectivity index (χ3n) is 3.62. The van der Waals surface area contributed by atoms with Gasteiger partial charge in [0.15, 0.2) is 18.1 Å². The maximum absolute atomic E-state index is 12.1. The summed E-state index contributed by atoms with van der Waals surface area (Å²) in [4.78, 5) is 12.1. The summed E-state index contributed by atoms with van der Waals surface area (Å²) in [5.41, 5.74) is 1.07. The van der Waals surface area contributed by atoms with Crippen LogP contribution in [0.3, 0.4) is 0 Å². The number of anilines is 1. The van der Waals surface area contributed by atoms with Crippen LogP contribution in [0.2, 0.25) is 0 Å². The van der Waals surface area contributed by atoms with Crippen molar-refractivity contribution >= 4 is 11.7 Å². The van der Waals surface area contributed by atoms with Crippen LogP contribution in [0.15, 0.2) is 30.5 Å². The Morgan fingerprint density at radius 2 is 2.13 bits per heavy atom. The van der Waals surface area contributed by atoms with Gasteiger partial charge in [-0.25, -0.2) is 4.68 Å². The molecule has 0 radical (unpaired) electrons. The summed E-state index contributed by atoms with van der Waals surface area (Å²) in [6.07, 6.45) is 2.60. The first-order valence-corrected chi connectivity index (χ1v) is 7.66. The van der Waals surface area contributed by atoms with Crippen LogP contribution in [-0.2, 0) is 4.79 Å². The normalized spacial score (nSPS) is 11.8. The molecule has 124 valence electrons. The Balaban J connectivity index is 1.97. The van der Waals surface area contributed by atoms with Crippen molar-refractivity contribution in [3.05, 3.63) is 36.0 Å². The first-order chi connectivity index (χ1) is 11.0. The fourth-order valence-electron chi connectivity index (χ4n) is 2.15. The summed E-state index contributed by atoms with van der Waals surface area (Å²) >= 11 is 0. The highest BCUT2D eigenvalue weighted by molar-refractivity contribution is 5.91. The molecule has 6 heteroatoms. The second-order valence-corrected chi connectivity index (χ2v) is 5.41. The Hall–Kier alpha value is -2.50. The quantitative estimate of drug-likeness (QED) is 0.852. The maximum Gasteiger partial charge on any atom is 0.263 e. The number of amides is 1. The van der Waals surface area contributed by atoms with Crippen molar-refractivity contribution in [1.82, 2.24) is 9.78 Å². The molecule has 1 unspecified atom stereocenters. The molecule has 1 heterocycles. The van der Waals surface area contributed by atoms with E-state index in [-0.39, 0.29) is 18.6 Å². The summed E-state index contributed by atoms with van der Waals surface area (Å²) < 4.78 is 12.6. The van der Waals surface area contributed by atoms with Crippen LogP contribution in [0.5, 0.6) is 11.5 Å². The minimum atomic E-state index is -0.238. The van der Waals surface area contributed by atoms with Crippen LogP contribution < -0.4 is 14.8 Å². The number of hydrogen-bond donors (Lipinski definition) is 1. The highest BCUT2D eigenvalue weighted by Crippen LogP contribution is 2.27. The molecular weight excluding hydrogens is 294 g/mol. The largest absolute Gasteiger partial charge is 0.493 e. The molecule has 0 bridgehead atoms. The second-order valence-electron chi connectivity index (χ2n) is 5.41. The molecule has 1 atom stereocenters. The summed E-state index contributed by atoms with van der Waals surface area (Å²) in [5.74, 6) is 1.59. The van der Waals surface area contributed by atoms with Crippen molar-refractivity contribution in [2.45, 2.75) is 33.2 Å². The minimum absolute atomic E-state index is 0.0922. The molecule has 2 aromatic rings. The van der Waals surface area contributed by atoms with Gasteiger partial charge in [0.2, 0.25) is 0 Å². The van der Waals surface area contributed by atoms with Crippen LogP contribution >= 0.6 is 0 Å². The summed E-state index contributed by atoms with van der Waals surface area (Å²) in [7, 11) is 1.58.